The van der Waals surface area contributed by atoms with Gasteiger partial charge in [0.2, 0.25) is 5.82 Å². The molecule has 1 aromatic heterocycles. The zero-order valence-electron chi connectivity index (χ0n) is 13.6. The van der Waals surface area contributed by atoms with Crippen LogP contribution in [0, 0.1) is 5.82 Å². The first-order valence-electron chi connectivity index (χ1n) is 7.38. The second kappa shape index (κ2) is 8.72. The molecule has 0 bridgehead atoms. The topological polar surface area (TPSA) is 77.7 Å². The van der Waals surface area contributed by atoms with Crippen LogP contribution in [-0.4, -0.2) is 54.9 Å². The van der Waals surface area contributed by atoms with Gasteiger partial charge < -0.3 is 18.9 Å². The molecular weight excluding hydrogens is 362 g/mol. The summed E-state index contributed by atoms with van der Waals surface area (Å²) in [5, 5.41) is 3.03. The van der Waals surface area contributed by atoms with E-state index in [0.717, 1.165) is 38.4 Å². The zero-order chi connectivity index (χ0) is 19.2. The Kier molecular flexibility index (Phi) is 6.64. The van der Waals surface area contributed by atoms with Crippen molar-refractivity contribution in [3.8, 4) is 17.1 Å². The van der Waals surface area contributed by atoms with Crippen LogP contribution in [0.2, 0.25) is 0 Å². The molecule has 2 heterocycles. The summed E-state index contributed by atoms with van der Waals surface area (Å²) in [7, 11) is 2.11. The number of morpholine rings is 1. The molecule has 0 atom stereocenters. The number of ether oxygens (including phenoxy) is 2. The Morgan fingerprint density at radius 1 is 1.27 bits per heavy atom. The summed E-state index contributed by atoms with van der Waals surface area (Å²) in [5.41, 5.74) is -0.308. The molecule has 0 radical (unpaired) electrons. The normalized spacial score (nSPS) is 15.1. The van der Waals surface area contributed by atoms with Gasteiger partial charge in [0, 0.05) is 19.2 Å². The molecule has 0 saturated carbocycles. The van der Waals surface area contributed by atoms with Crippen LogP contribution in [0.15, 0.2) is 22.7 Å². The molecule has 0 spiro atoms. The molecular formula is C15H15F4N3O4. The van der Waals surface area contributed by atoms with Crippen molar-refractivity contribution in [3.63, 3.8) is 0 Å². The number of aromatic nitrogens is 2. The summed E-state index contributed by atoms with van der Waals surface area (Å²) < 4.78 is 63.7. The standard InChI is InChI=1S/C10H4F4N2O3.C5H11NO/c11-7-3-5(18-4-17)1-2-6(7)8-15-9(19-16-8)10(12,13)14;1-6-2-4-7-5-3-6/h1-4H;2-5H2,1H3. The number of hydrogen-bond acceptors (Lipinski definition) is 7. The van der Waals surface area contributed by atoms with E-state index in [1.807, 2.05) is 0 Å². The molecule has 7 nitrogen and oxygen atoms in total. The van der Waals surface area contributed by atoms with Gasteiger partial charge in [0.25, 0.3) is 6.47 Å². The van der Waals surface area contributed by atoms with E-state index in [1.54, 1.807) is 0 Å². The smallest absolute Gasteiger partial charge is 0.429 e. The number of hydrogen-bond donors (Lipinski definition) is 0. The predicted octanol–water partition coefficient (Wildman–Crippen LogP) is 2.38. The van der Waals surface area contributed by atoms with E-state index in [-0.39, 0.29) is 17.8 Å². The number of rotatable bonds is 3. The van der Waals surface area contributed by atoms with Gasteiger partial charge in [-0.3, -0.25) is 4.79 Å². The molecule has 0 N–H and O–H groups in total. The second-order valence-electron chi connectivity index (χ2n) is 5.19. The summed E-state index contributed by atoms with van der Waals surface area (Å²) >= 11 is 0. The Bertz CT molecular complexity index is 730. The number of nitrogens with zero attached hydrogens (tertiary/aromatic N) is 3. The number of benzene rings is 1. The Labute approximate surface area is 145 Å². The molecule has 0 aliphatic carbocycles. The van der Waals surface area contributed by atoms with Crippen LogP contribution in [0.1, 0.15) is 5.89 Å². The Morgan fingerprint density at radius 2 is 1.96 bits per heavy atom. The highest BCUT2D eigenvalue weighted by molar-refractivity contribution is 5.58. The van der Waals surface area contributed by atoms with Gasteiger partial charge in [-0.15, -0.1) is 0 Å². The van der Waals surface area contributed by atoms with Crippen LogP contribution in [-0.2, 0) is 15.7 Å². The van der Waals surface area contributed by atoms with E-state index in [2.05, 4.69) is 31.3 Å². The number of likely N-dealkylation sites (N-methyl/N-ethyl adjacent to an activating group) is 1. The van der Waals surface area contributed by atoms with Gasteiger partial charge in [-0.05, 0) is 19.2 Å². The van der Waals surface area contributed by atoms with E-state index in [9.17, 15) is 22.4 Å². The lowest BCUT2D eigenvalue weighted by atomic mass is 10.2. The minimum Gasteiger partial charge on any atom is -0.429 e. The molecule has 2 aromatic rings. The predicted molar refractivity (Wildman–Crippen MR) is 79.7 cm³/mol. The number of carbonyl (C=O) groups excluding carboxylic acids is 1. The van der Waals surface area contributed by atoms with Crippen molar-refractivity contribution < 1.29 is 36.4 Å². The first-order chi connectivity index (χ1) is 12.3. The second-order valence-corrected chi connectivity index (χ2v) is 5.19. The first-order valence-corrected chi connectivity index (χ1v) is 7.38. The highest BCUT2D eigenvalue weighted by Crippen LogP contribution is 2.30. The largest absolute Gasteiger partial charge is 0.471 e. The van der Waals surface area contributed by atoms with Crippen LogP contribution in [0.3, 0.4) is 0 Å². The van der Waals surface area contributed by atoms with E-state index >= 15 is 0 Å². The molecule has 26 heavy (non-hydrogen) atoms. The lowest BCUT2D eigenvalue weighted by molar-refractivity contribution is -0.159. The Balaban J connectivity index is 0.000000290. The van der Waals surface area contributed by atoms with Gasteiger partial charge in [0.15, 0.2) is 0 Å². The lowest BCUT2D eigenvalue weighted by Gasteiger charge is -2.21. The molecule has 1 aromatic carbocycles. The molecule has 11 heteroatoms. The highest BCUT2D eigenvalue weighted by atomic mass is 19.4. The monoisotopic (exact) mass is 377 g/mol. The average molecular weight is 377 g/mol. The molecule has 3 rings (SSSR count). The maximum Gasteiger partial charge on any atom is 0.471 e. The fourth-order valence-corrected chi connectivity index (χ4v) is 1.91. The number of halogens is 4. The molecule has 1 fully saturated rings. The Morgan fingerprint density at radius 3 is 2.42 bits per heavy atom. The van der Waals surface area contributed by atoms with Crippen LogP contribution >= 0.6 is 0 Å². The maximum absolute atomic E-state index is 13.6. The maximum atomic E-state index is 13.6. The van der Waals surface area contributed by atoms with E-state index in [0.29, 0.717) is 0 Å². The van der Waals surface area contributed by atoms with Crippen LogP contribution in [0.4, 0.5) is 17.6 Å². The fraction of sp³-hybridized carbons (Fsp3) is 0.400. The average Bonchev–Trinajstić information content (AvgIpc) is 3.07. The zero-order valence-corrected chi connectivity index (χ0v) is 13.6. The SMILES string of the molecule is CN1CCOCC1.O=COc1ccc(-c2noc(C(F)(F)F)n2)c(F)c1. The van der Waals surface area contributed by atoms with E-state index in [1.165, 1.54) is 6.07 Å². The van der Waals surface area contributed by atoms with E-state index < -0.39 is 23.7 Å². The molecule has 1 aliphatic heterocycles. The van der Waals surface area contributed by atoms with E-state index in [4.69, 9.17) is 4.74 Å². The van der Waals surface area contributed by atoms with Crippen molar-refractivity contribution in [3.05, 3.63) is 29.9 Å². The van der Waals surface area contributed by atoms with Crippen LogP contribution in [0.5, 0.6) is 5.75 Å². The van der Waals surface area contributed by atoms with Crippen molar-refractivity contribution >= 4 is 6.47 Å². The molecule has 0 amide bonds. The van der Waals surface area contributed by atoms with Crippen molar-refractivity contribution in [1.29, 1.82) is 0 Å². The fourth-order valence-electron chi connectivity index (χ4n) is 1.91. The Hall–Kier alpha value is -2.53. The van der Waals surface area contributed by atoms with Crippen molar-refractivity contribution in [2.75, 3.05) is 33.4 Å². The number of carbonyl (C=O) groups is 1. The summed E-state index contributed by atoms with van der Waals surface area (Å²) in [4.78, 5) is 15.3. The third kappa shape index (κ3) is 5.49. The highest BCUT2D eigenvalue weighted by Gasteiger charge is 2.38. The van der Waals surface area contributed by atoms with Crippen molar-refractivity contribution in [2.45, 2.75) is 6.18 Å². The van der Waals surface area contributed by atoms with Crippen molar-refractivity contribution in [1.82, 2.24) is 15.0 Å². The molecule has 0 unspecified atom stereocenters. The third-order valence-electron chi connectivity index (χ3n) is 3.27. The van der Waals surface area contributed by atoms with Crippen LogP contribution < -0.4 is 4.74 Å². The van der Waals surface area contributed by atoms with Gasteiger partial charge in [-0.2, -0.15) is 18.2 Å². The number of alkyl halides is 3. The molecule has 142 valence electrons. The molecule has 1 aliphatic rings. The first kappa shape index (κ1) is 19.8. The third-order valence-corrected chi connectivity index (χ3v) is 3.27. The van der Waals surface area contributed by atoms with Gasteiger partial charge >= 0.3 is 12.1 Å². The van der Waals surface area contributed by atoms with Gasteiger partial charge in [-0.1, -0.05) is 5.16 Å². The lowest BCUT2D eigenvalue weighted by Crippen LogP contribution is -2.32. The quantitative estimate of drug-likeness (QED) is 0.600. The molecule has 1 saturated heterocycles. The minimum absolute atomic E-state index is 0.0879. The minimum atomic E-state index is -4.80. The van der Waals surface area contributed by atoms with Crippen LogP contribution in [0.25, 0.3) is 11.4 Å². The summed E-state index contributed by atoms with van der Waals surface area (Å²) in [5.74, 6) is -3.18. The van der Waals surface area contributed by atoms with Gasteiger partial charge in [0.1, 0.15) is 11.6 Å². The van der Waals surface area contributed by atoms with Crippen molar-refractivity contribution in [2.24, 2.45) is 0 Å². The summed E-state index contributed by atoms with van der Waals surface area (Å²) in [6.45, 7) is 4.11. The summed E-state index contributed by atoms with van der Waals surface area (Å²) in [6, 6.07) is 3.06. The van der Waals surface area contributed by atoms with Gasteiger partial charge in [-0.25, -0.2) is 4.39 Å². The van der Waals surface area contributed by atoms with Gasteiger partial charge in [0.05, 0.1) is 18.8 Å². The summed E-state index contributed by atoms with van der Waals surface area (Å²) in [6.07, 6.45) is -4.80.